The first-order valence-corrected chi connectivity index (χ1v) is 48.1. The van der Waals surface area contributed by atoms with Gasteiger partial charge in [0.2, 0.25) is 5.91 Å². The molecular weight excluding hydrogens is 1810 g/mol. The maximum absolute atomic E-state index is 12.1. The van der Waals surface area contributed by atoms with E-state index >= 15 is 0 Å². The molecule has 0 bridgehead atoms. The Morgan fingerprint density at radius 1 is 0.307 bits per heavy atom. The van der Waals surface area contributed by atoms with Gasteiger partial charge in [-0.15, -0.1) is 0 Å². The molecule has 0 fully saturated rings. The van der Waals surface area contributed by atoms with E-state index < -0.39 is 54.0 Å². The number of unbranched alkanes of at least 4 members (excludes halogenated alkanes) is 11. The van der Waals surface area contributed by atoms with Gasteiger partial charge in [-0.1, -0.05) is 196 Å². The number of alkyl carbamates (subject to hydrolysis) is 3. The first kappa shape index (κ1) is 138. The van der Waals surface area contributed by atoms with E-state index in [-0.39, 0.29) is 161 Å². The Morgan fingerprint density at radius 3 is 1.04 bits per heavy atom. The zero-order valence-electron chi connectivity index (χ0n) is 86.9. The van der Waals surface area contributed by atoms with Crippen LogP contribution < -0.4 is 21.3 Å². The minimum Gasteiger partial charge on any atom is -0.478 e. The van der Waals surface area contributed by atoms with Gasteiger partial charge in [-0.25, -0.2) is 57.5 Å². The van der Waals surface area contributed by atoms with E-state index in [4.69, 9.17) is 67.0 Å². The predicted octanol–water partition coefficient (Wildman–Crippen LogP) is 19.8. The first-order valence-electron chi connectivity index (χ1n) is 48.1. The highest BCUT2D eigenvalue weighted by atomic mass is 16.6. The van der Waals surface area contributed by atoms with Gasteiger partial charge >= 0.3 is 83.9 Å². The zero-order chi connectivity index (χ0) is 107. The van der Waals surface area contributed by atoms with E-state index in [2.05, 4.69) is 83.4 Å². The van der Waals surface area contributed by atoms with E-state index in [1.54, 1.807) is 58.0 Å². The Kier molecular flexibility index (Phi) is 92.6. The molecule has 2 aromatic rings. The fourth-order valence-corrected chi connectivity index (χ4v) is 9.08. The number of amides is 4. The highest BCUT2D eigenvalue weighted by Gasteiger charge is 2.22. The van der Waals surface area contributed by atoms with Gasteiger partial charge in [0, 0.05) is 61.5 Å². The van der Waals surface area contributed by atoms with Gasteiger partial charge < -0.3 is 92.3 Å². The molecule has 4 amide bonds. The van der Waals surface area contributed by atoms with Crippen molar-refractivity contribution in [2.45, 2.75) is 328 Å². The van der Waals surface area contributed by atoms with Gasteiger partial charge in [0.15, 0.2) is 5.90 Å². The summed E-state index contributed by atoms with van der Waals surface area (Å²) in [7, 11) is 0. The van der Waals surface area contributed by atoms with E-state index in [0.717, 1.165) is 126 Å². The maximum atomic E-state index is 12.1. The smallest absolute Gasteiger partial charge is 0.407 e. The Labute approximate surface area is 832 Å². The lowest BCUT2D eigenvalue weighted by molar-refractivity contribution is -0.151. The Hall–Kier alpha value is -12.7. The van der Waals surface area contributed by atoms with Gasteiger partial charge in [0.1, 0.15) is 58.5 Å². The Bertz CT molecular complexity index is 3890. The van der Waals surface area contributed by atoms with Crippen LogP contribution in [0.15, 0.2) is 143 Å². The van der Waals surface area contributed by atoms with Crippen LogP contribution in [0.2, 0.25) is 0 Å². The van der Waals surface area contributed by atoms with Gasteiger partial charge in [-0.2, -0.15) is 0 Å². The van der Waals surface area contributed by atoms with Crippen molar-refractivity contribution in [1.82, 2.24) is 21.3 Å². The average molecular weight is 1980 g/mol. The third kappa shape index (κ3) is 89.2. The topological polar surface area (TPSA) is 466 Å². The number of carbonyl (C=O) groups excluding carboxylic acids is 15. The normalized spacial score (nSPS) is 11.5. The summed E-state index contributed by atoms with van der Waals surface area (Å²) in [5.41, 5.74) is 2.62. The summed E-state index contributed by atoms with van der Waals surface area (Å²) in [5, 5.41) is 18.0. The molecule has 0 aromatic heterocycles. The van der Waals surface area contributed by atoms with Crippen molar-refractivity contribution in [1.29, 1.82) is 5.41 Å². The molecule has 792 valence electrons. The summed E-state index contributed by atoms with van der Waals surface area (Å²) in [6, 6.07) is 13.4. The van der Waals surface area contributed by atoms with Crippen molar-refractivity contribution in [3.8, 4) is 0 Å². The summed E-state index contributed by atoms with van der Waals surface area (Å²) in [6.45, 7) is 62.8. The molecule has 35 nitrogen and oxygen atoms in total. The molecular formula is C105H167N5O30. The number of benzene rings is 2. The third-order valence-electron chi connectivity index (χ3n) is 18.8. The molecule has 0 aliphatic rings. The summed E-state index contributed by atoms with van der Waals surface area (Å²) >= 11 is 0. The van der Waals surface area contributed by atoms with Crippen molar-refractivity contribution >= 4 is 102 Å². The minimum atomic E-state index is -0.684. The Morgan fingerprint density at radius 2 is 0.636 bits per heavy atom. The van der Waals surface area contributed by atoms with Crippen LogP contribution in [0.25, 0.3) is 6.08 Å². The number of esters is 11. The van der Waals surface area contributed by atoms with Crippen LogP contribution in [-0.2, 0) is 114 Å². The van der Waals surface area contributed by atoms with Crippen LogP contribution in [0.3, 0.4) is 0 Å². The molecule has 0 heterocycles. The minimum absolute atomic E-state index is 0.00380. The fraction of sp³-hybridized carbons (Fsp3) is 0.581. The predicted molar refractivity (Wildman–Crippen MR) is 540 cm³/mol. The second kappa shape index (κ2) is 93.9. The van der Waals surface area contributed by atoms with Crippen molar-refractivity contribution in [3.05, 3.63) is 165 Å². The standard InChI is InChI=1S/C19H35NO3.C17H30N2O6.C17H20O6.C13H16O2.C11H19NO4.C10H17NO3.C10H16O4.C8H14O2/c1-4-17(3)23-19(22)15-13-11-9-7-6-8-10-12-14-16-20-18(21)5-2;1-4-14(3)25-17(22)19-11-9-7-6-8-10-18-16(21)24-13-12-23-15(20)5-2;1-4-12(3)23-17(20)14-9-7-6-8-13(14)16(19)22-11-10-21-15(18)5-2;1-4-10(3)15-13(14)12-8-6-11(5-2)7-9-12;1-5-9(4)16-11(14)12-6-7-15-10(13)8(2)3;1-4-8(3)14-9(11)6-7-13-10(12)5-2;1-4-8(3)14-10(12)6-7-13-9(11)5-2;1-5-7(4)10-8(9)6(2)3/h5,17H,2,4,6-16H2,1,3H3,(H,20,21);5,14H,2,4,6-13H2,1,3H3,(H,18,21)(H,19,22);5-9,12H,2,4,10-11H2,1,3H3;5-10H,2,4H2,1,3H3;9H,2,5-7H2,1,3-4H3,(H,12,14);5,8,11H,2,4,6-7H2,1,3H3;5,8H,2,4,6-7H2,1,3H3;7H,2,5H2,1,3-4H3. The van der Waals surface area contributed by atoms with E-state index in [1.807, 2.05) is 109 Å². The van der Waals surface area contributed by atoms with Crippen LogP contribution in [0.5, 0.6) is 0 Å². The molecule has 0 saturated heterocycles. The lowest BCUT2D eigenvalue weighted by Gasteiger charge is -2.13. The summed E-state index contributed by atoms with van der Waals surface area (Å²) in [4.78, 5) is 167. The van der Waals surface area contributed by atoms with Crippen molar-refractivity contribution in [2.75, 3.05) is 72.4 Å². The van der Waals surface area contributed by atoms with E-state index in [9.17, 15) is 71.9 Å². The van der Waals surface area contributed by atoms with Gasteiger partial charge in [0.05, 0.1) is 72.7 Å². The molecule has 2 aromatic carbocycles. The first-order chi connectivity index (χ1) is 66.5. The quantitative estimate of drug-likeness (QED) is 0.0103. The molecule has 0 aliphatic heterocycles. The largest absolute Gasteiger partial charge is 0.478 e. The summed E-state index contributed by atoms with van der Waals surface area (Å²) in [6.07, 6.45) is 26.8. The lowest BCUT2D eigenvalue weighted by Crippen LogP contribution is -2.31. The van der Waals surface area contributed by atoms with Crippen molar-refractivity contribution < 1.29 is 143 Å². The Balaban J connectivity index is -0.000000372. The lowest BCUT2D eigenvalue weighted by atomic mass is 10.1. The molecule has 0 aliphatic carbocycles. The second-order valence-corrected chi connectivity index (χ2v) is 31.2. The molecule has 8 atom stereocenters. The monoisotopic (exact) mass is 1980 g/mol. The molecule has 0 radical (unpaired) electrons. The molecule has 35 heteroatoms. The number of hydrogen-bond donors (Lipinski definition) is 5. The number of nitrogens with one attached hydrogen (secondary N) is 5. The molecule has 0 saturated carbocycles. The highest BCUT2D eigenvalue weighted by molar-refractivity contribution is 6.03. The SMILES string of the molecule is C=C(C)C(=O)OC(C)CC.C=C(C)C(=O)OCCNC(=O)OC(C)CC.C=CC(=O)NCCCCCCCCCCCC(=O)OC(C)CC.C=CC(=O)OCCC(=N)OC(C)CC.C=CC(=O)OCCC(=O)OC(C)CC.C=CC(=O)OCCOC(=O)NCCCCCCNC(=O)OC(C)CC.C=CC(=O)OCCOC(=O)c1ccccc1C(=O)OC(C)CC.C=Cc1ccc(C(=O)OC(C)CC)cc1. The number of rotatable bonds is 61. The molecule has 5 N–H and O–H groups in total. The van der Waals surface area contributed by atoms with E-state index in [0.29, 0.717) is 49.1 Å². The van der Waals surface area contributed by atoms with E-state index in [1.165, 1.54) is 56.7 Å². The van der Waals surface area contributed by atoms with Crippen molar-refractivity contribution in [2.24, 2.45) is 0 Å². The molecule has 2 rings (SSSR count). The van der Waals surface area contributed by atoms with Gasteiger partial charge in [-0.05, 0) is 182 Å². The fourth-order valence-electron chi connectivity index (χ4n) is 9.08. The zero-order valence-corrected chi connectivity index (χ0v) is 86.9. The van der Waals surface area contributed by atoms with Gasteiger partial charge in [-0.3, -0.25) is 19.8 Å². The highest BCUT2D eigenvalue weighted by Crippen LogP contribution is 2.17. The van der Waals surface area contributed by atoms with Crippen LogP contribution >= 0.6 is 0 Å². The number of carbonyl (C=O) groups is 15. The average Bonchev–Trinajstić information content (AvgIpc) is 0.845. The van der Waals surface area contributed by atoms with Crippen molar-refractivity contribution in [3.63, 3.8) is 0 Å². The van der Waals surface area contributed by atoms with Gasteiger partial charge in [0.25, 0.3) is 0 Å². The summed E-state index contributed by atoms with van der Waals surface area (Å²) < 4.78 is 74.0. The second-order valence-electron chi connectivity index (χ2n) is 31.2. The maximum Gasteiger partial charge on any atom is 0.407 e. The molecule has 140 heavy (non-hydrogen) atoms. The van der Waals surface area contributed by atoms with Crippen LogP contribution in [0, 0.1) is 5.41 Å². The molecule has 0 spiro atoms. The van der Waals surface area contributed by atoms with Crippen LogP contribution in [0.4, 0.5) is 14.4 Å². The number of hydrogen-bond acceptors (Lipinski definition) is 31. The number of ether oxygens (including phenoxy) is 15. The van der Waals surface area contributed by atoms with Crippen LogP contribution in [-0.4, -0.2) is 217 Å². The molecule has 8 unspecified atom stereocenters. The third-order valence-corrected chi connectivity index (χ3v) is 18.8. The van der Waals surface area contributed by atoms with Crippen LogP contribution in [0.1, 0.15) is 315 Å². The summed E-state index contributed by atoms with van der Waals surface area (Å²) in [5.74, 6) is -4.77.